The monoisotopic (exact) mass is 453 g/mol. The molecule has 3 aromatic rings. The molecule has 0 unspecified atom stereocenters. The van der Waals surface area contributed by atoms with Crippen LogP contribution < -0.4 is 0 Å². The molecule has 0 saturated heterocycles. The van der Waals surface area contributed by atoms with Gasteiger partial charge in [0.25, 0.3) is 0 Å². The van der Waals surface area contributed by atoms with Crippen molar-refractivity contribution in [2.75, 3.05) is 0 Å². The maximum atomic E-state index is 13.3. The van der Waals surface area contributed by atoms with E-state index in [4.69, 9.17) is 0 Å². The van der Waals surface area contributed by atoms with Crippen LogP contribution in [-0.2, 0) is 33.5 Å². The lowest BCUT2D eigenvalue weighted by atomic mass is 10.1. The number of nitrogens with zero attached hydrogens (tertiary/aromatic N) is 3. The molecule has 0 saturated carbocycles. The molecule has 6 nitrogen and oxygen atoms in total. The van der Waals surface area contributed by atoms with Crippen LogP contribution in [0.4, 0.5) is 0 Å². The number of carbonyl (C=O) groups is 1. The highest BCUT2D eigenvalue weighted by Crippen LogP contribution is 2.21. The summed E-state index contributed by atoms with van der Waals surface area (Å²) in [6.07, 6.45) is 1.59. The normalized spacial score (nSPS) is 11.8. The van der Waals surface area contributed by atoms with Gasteiger partial charge in [-0.15, -0.1) is 0 Å². The van der Waals surface area contributed by atoms with Crippen molar-refractivity contribution in [3.8, 4) is 0 Å². The molecule has 0 radical (unpaired) electrons. The van der Waals surface area contributed by atoms with Crippen LogP contribution in [0.5, 0.6) is 0 Å². The average molecular weight is 454 g/mol. The summed E-state index contributed by atoms with van der Waals surface area (Å²) in [6, 6.07) is 18.8. The topological polar surface area (TPSA) is 72.3 Å². The molecule has 1 heterocycles. The van der Waals surface area contributed by atoms with Crippen molar-refractivity contribution in [2.45, 2.75) is 57.7 Å². The van der Waals surface area contributed by atoms with Gasteiger partial charge in [0.2, 0.25) is 20.9 Å². The molecule has 0 bridgehead atoms. The van der Waals surface area contributed by atoms with Crippen molar-refractivity contribution < 1.29 is 13.2 Å². The molecule has 0 fully saturated rings. The minimum atomic E-state index is -3.69. The molecule has 0 aliphatic rings. The molecule has 1 amide bonds. The molecule has 7 heteroatoms. The van der Waals surface area contributed by atoms with E-state index in [1.165, 1.54) is 0 Å². The van der Waals surface area contributed by atoms with Crippen LogP contribution in [0.1, 0.15) is 44.5 Å². The van der Waals surface area contributed by atoms with E-state index < -0.39 is 9.84 Å². The zero-order valence-corrected chi connectivity index (χ0v) is 19.9. The summed E-state index contributed by atoms with van der Waals surface area (Å²) in [7, 11) is -3.69. The number of rotatable bonds is 9. The van der Waals surface area contributed by atoms with E-state index in [-0.39, 0.29) is 28.8 Å². The Balaban J connectivity index is 2.02. The van der Waals surface area contributed by atoms with E-state index in [1.807, 2.05) is 76.2 Å². The number of imidazole rings is 1. The van der Waals surface area contributed by atoms with Gasteiger partial charge in [0.15, 0.2) is 0 Å². The first-order chi connectivity index (χ1) is 15.2. The molecular formula is C25H31N3O3S. The summed E-state index contributed by atoms with van der Waals surface area (Å²) in [6.45, 7) is 8.33. The maximum Gasteiger partial charge on any atom is 0.228 e. The van der Waals surface area contributed by atoms with E-state index in [1.54, 1.807) is 27.8 Å². The van der Waals surface area contributed by atoms with Gasteiger partial charge in [-0.2, -0.15) is 0 Å². The quantitative estimate of drug-likeness (QED) is 0.484. The SMILES string of the molecule is CC(C)C(=O)N(Cc1cnc(S(=O)(=O)Cc2ccccc2)n1Cc1ccccc1)C(C)C. The van der Waals surface area contributed by atoms with E-state index in [0.29, 0.717) is 24.3 Å². The van der Waals surface area contributed by atoms with Crippen LogP contribution in [0, 0.1) is 5.92 Å². The van der Waals surface area contributed by atoms with Gasteiger partial charge in [-0.1, -0.05) is 74.5 Å². The van der Waals surface area contributed by atoms with Gasteiger partial charge in [-0.25, -0.2) is 13.4 Å². The number of amides is 1. The summed E-state index contributed by atoms with van der Waals surface area (Å²) >= 11 is 0. The lowest BCUT2D eigenvalue weighted by molar-refractivity contribution is -0.137. The first-order valence-electron chi connectivity index (χ1n) is 10.8. The van der Waals surface area contributed by atoms with Gasteiger partial charge in [0.05, 0.1) is 30.7 Å². The number of aromatic nitrogens is 2. The summed E-state index contributed by atoms with van der Waals surface area (Å²) in [5.74, 6) is -0.247. The Hall–Kier alpha value is -2.93. The van der Waals surface area contributed by atoms with Crippen molar-refractivity contribution in [3.63, 3.8) is 0 Å². The standard InChI is InChI=1S/C25H31N3O3S/c1-19(2)24(29)27(20(3)4)17-23-15-26-25(28(23)16-21-11-7-5-8-12-21)32(30,31)18-22-13-9-6-10-14-22/h5-15,19-20H,16-18H2,1-4H3. The molecule has 32 heavy (non-hydrogen) atoms. The fraction of sp³-hybridized carbons (Fsp3) is 0.360. The smallest absolute Gasteiger partial charge is 0.228 e. The van der Waals surface area contributed by atoms with Gasteiger partial charge >= 0.3 is 0 Å². The van der Waals surface area contributed by atoms with Gasteiger partial charge < -0.3 is 9.47 Å². The largest absolute Gasteiger partial charge is 0.334 e. The molecule has 0 aliphatic carbocycles. The van der Waals surface area contributed by atoms with Crippen molar-refractivity contribution in [1.82, 2.24) is 14.5 Å². The van der Waals surface area contributed by atoms with Crippen LogP contribution in [0.15, 0.2) is 72.0 Å². The Kier molecular flexibility index (Phi) is 7.51. The van der Waals surface area contributed by atoms with Gasteiger partial charge in [0, 0.05) is 12.0 Å². The molecule has 3 rings (SSSR count). The third-order valence-corrected chi connectivity index (χ3v) is 6.89. The number of hydrogen-bond acceptors (Lipinski definition) is 4. The molecule has 1 aromatic heterocycles. The number of sulfone groups is 1. The summed E-state index contributed by atoms with van der Waals surface area (Å²) in [5.41, 5.74) is 2.37. The Morgan fingerprint density at radius 3 is 2.03 bits per heavy atom. The van der Waals surface area contributed by atoms with Crippen LogP contribution in [0.3, 0.4) is 0 Å². The minimum Gasteiger partial charge on any atom is -0.334 e. The number of carbonyl (C=O) groups excluding carboxylic acids is 1. The third kappa shape index (κ3) is 5.65. The van der Waals surface area contributed by atoms with Crippen molar-refractivity contribution in [3.05, 3.63) is 83.7 Å². The fourth-order valence-electron chi connectivity index (χ4n) is 3.58. The lowest BCUT2D eigenvalue weighted by Gasteiger charge is -2.29. The molecular weight excluding hydrogens is 422 g/mol. The average Bonchev–Trinajstić information content (AvgIpc) is 3.15. The number of hydrogen-bond donors (Lipinski definition) is 0. The van der Waals surface area contributed by atoms with E-state index in [0.717, 1.165) is 5.56 Å². The zero-order chi connectivity index (χ0) is 23.3. The Bertz CT molecular complexity index is 1140. The van der Waals surface area contributed by atoms with E-state index in [2.05, 4.69) is 4.98 Å². The second-order valence-electron chi connectivity index (χ2n) is 8.56. The van der Waals surface area contributed by atoms with Crippen molar-refractivity contribution in [2.24, 2.45) is 5.92 Å². The Morgan fingerprint density at radius 2 is 1.50 bits per heavy atom. The Morgan fingerprint density at radius 1 is 0.938 bits per heavy atom. The first kappa shape index (κ1) is 23.7. The molecule has 0 atom stereocenters. The second kappa shape index (κ2) is 10.1. The van der Waals surface area contributed by atoms with Crippen LogP contribution in [0.2, 0.25) is 0 Å². The van der Waals surface area contributed by atoms with Gasteiger partial charge in [-0.05, 0) is 25.0 Å². The molecule has 0 N–H and O–H groups in total. The summed E-state index contributed by atoms with van der Waals surface area (Å²) < 4.78 is 28.4. The predicted molar refractivity (Wildman–Crippen MR) is 126 cm³/mol. The highest BCUT2D eigenvalue weighted by Gasteiger charge is 2.27. The van der Waals surface area contributed by atoms with Crippen molar-refractivity contribution >= 4 is 15.7 Å². The molecule has 0 aliphatic heterocycles. The van der Waals surface area contributed by atoms with Gasteiger partial charge in [0.1, 0.15) is 0 Å². The lowest BCUT2D eigenvalue weighted by Crippen LogP contribution is -2.39. The summed E-state index contributed by atoms with van der Waals surface area (Å²) in [4.78, 5) is 18.9. The molecule has 0 spiro atoms. The minimum absolute atomic E-state index is 0.0191. The van der Waals surface area contributed by atoms with E-state index in [9.17, 15) is 13.2 Å². The predicted octanol–water partition coefficient (Wildman–Crippen LogP) is 4.30. The van der Waals surface area contributed by atoms with Crippen LogP contribution in [-0.4, -0.2) is 34.8 Å². The van der Waals surface area contributed by atoms with Crippen LogP contribution in [0.25, 0.3) is 0 Å². The second-order valence-corrected chi connectivity index (χ2v) is 10.4. The third-order valence-electron chi connectivity index (χ3n) is 5.30. The molecule has 2 aromatic carbocycles. The van der Waals surface area contributed by atoms with Crippen LogP contribution >= 0.6 is 0 Å². The van der Waals surface area contributed by atoms with Gasteiger partial charge in [-0.3, -0.25) is 4.79 Å². The highest BCUT2D eigenvalue weighted by atomic mass is 32.2. The zero-order valence-electron chi connectivity index (χ0n) is 19.1. The fourth-order valence-corrected chi connectivity index (χ4v) is 5.07. The van der Waals surface area contributed by atoms with E-state index >= 15 is 0 Å². The maximum absolute atomic E-state index is 13.3. The van der Waals surface area contributed by atoms with Crippen molar-refractivity contribution in [1.29, 1.82) is 0 Å². The number of benzene rings is 2. The summed E-state index contributed by atoms with van der Waals surface area (Å²) in [5, 5.41) is 0.0286. The molecule has 170 valence electrons. The highest BCUT2D eigenvalue weighted by molar-refractivity contribution is 7.90. The Labute approximate surface area is 190 Å². The first-order valence-corrected chi connectivity index (χ1v) is 12.5.